The molecule has 2 N–H and O–H groups in total. The fourth-order valence-corrected chi connectivity index (χ4v) is 4.14. The van der Waals surface area contributed by atoms with Crippen molar-refractivity contribution in [3.63, 3.8) is 0 Å². The summed E-state index contributed by atoms with van der Waals surface area (Å²) >= 11 is 6.03. The first-order chi connectivity index (χ1) is 12.8. The molecule has 0 aromatic heterocycles. The Morgan fingerprint density at radius 1 is 1.11 bits per heavy atom. The molecule has 0 spiro atoms. The van der Waals surface area contributed by atoms with Crippen molar-refractivity contribution in [3.05, 3.63) is 23.2 Å². The summed E-state index contributed by atoms with van der Waals surface area (Å²) in [6.45, 7) is 4.11. The Balaban J connectivity index is 1.66. The molecule has 1 heterocycles. The highest BCUT2D eigenvalue weighted by atomic mass is 35.5. The summed E-state index contributed by atoms with van der Waals surface area (Å²) in [5, 5.41) is 5.97. The number of rotatable bonds is 4. The SMILES string of the molecule is CC(=O)Nc1ccc(Cl)cc1NC(=O)C1CC(=O)N(C2CCC(C)CC2)C1. The number of anilines is 2. The molecule has 3 rings (SSSR count). The van der Waals surface area contributed by atoms with Crippen LogP contribution >= 0.6 is 11.6 Å². The quantitative estimate of drug-likeness (QED) is 0.822. The van der Waals surface area contributed by atoms with Crippen LogP contribution in [0.3, 0.4) is 0 Å². The molecule has 1 saturated heterocycles. The smallest absolute Gasteiger partial charge is 0.229 e. The van der Waals surface area contributed by atoms with Gasteiger partial charge in [0.15, 0.2) is 0 Å². The summed E-state index contributed by atoms with van der Waals surface area (Å²) in [6.07, 6.45) is 4.53. The van der Waals surface area contributed by atoms with E-state index in [9.17, 15) is 14.4 Å². The van der Waals surface area contributed by atoms with Gasteiger partial charge in [0.2, 0.25) is 17.7 Å². The molecular weight excluding hydrogens is 366 g/mol. The first kappa shape index (κ1) is 19.7. The fraction of sp³-hybridized carbons (Fsp3) is 0.550. The Labute approximate surface area is 164 Å². The van der Waals surface area contributed by atoms with E-state index in [2.05, 4.69) is 17.6 Å². The van der Waals surface area contributed by atoms with Crippen LogP contribution in [-0.4, -0.2) is 35.2 Å². The number of carbonyl (C=O) groups is 3. The van der Waals surface area contributed by atoms with Gasteiger partial charge in [-0.2, -0.15) is 0 Å². The van der Waals surface area contributed by atoms with E-state index < -0.39 is 0 Å². The Bertz CT molecular complexity index is 744. The lowest BCUT2D eigenvalue weighted by molar-refractivity contribution is -0.130. The molecule has 1 saturated carbocycles. The number of hydrogen-bond donors (Lipinski definition) is 2. The summed E-state index contributed by atoms with van der Waals surface area (Å²) in [5.74, 6) is -0.0672. The zero-order chi connectivity index (χ0) is 19.6. The number of nitrogens with one attached hydrogen (secondary N) is 2. The van der Waals surface area contributed by atoms with Gasteiger partial charge in [-0.15, -0.1) is 0 Å². The fourth-order valence-electron chi connectivity index (χ4n) is 3.97. The normalized spacial score (nSPS) is 25.4. The maximum Gasteiger partial charge on any atom is 0.229 e. The number of carbonyl (C=O) groups excluding carboxylic acids is 3. The predicted molar refractivity (Wildman–Crippen MR) is 106 cm³/mol. The van der Waals surface area contributed by atoms with Gasteiger partial charge >= 0.3 is 0 Å². The Morgan fingerprint density at radius 3 is 2.48 bits per heavy atom. The third kappa shape index (κ3) is 4.80. The van der Waals surface area contributed by atoms with Crippen LogP contribution in [0, 0.1) is 11.8 Å². The average molecular weight is 392 g/mol. The molecule has 0 bridgehead atoms. The highest BCUT2D eigenvalue weighted by molar-refractivity contribution is 6.31. The van der Waals surface area contributed by atoms with Crippen molar-refractivity contribution in [1.82, 2.24) is 4.90 Å². The van der Waals surface area contributed by atoms with E-state index in [0.717, 1.165) is 25.7 Å². The first-order valence-corrected chi connectivity index (χ1v) is 9.88. The standard InChI is InChI=1S/C20H26ClN3O3/c1-12-3-6-16(7-4-12)24-11-14(9-19(24)26)20(27)23-18-10-15(21)5-8-17(18)22-13(2)25/h5,8,10,12,14,16H,3-4,6-7,9,11H2,1-2H3,(H,22,25)(H,23,27). The minimum atomic E-state index is -0.388. The molecule has 7 heteroatoms. The van der Waals surface area contributed by atoms with Crippen LogP contribution in [0.1, 0.15) is 46.0 Å². The van der Waals surface area contributed by atoms with Crippen LogP contribution in [-0.2, 0) is 14.4 Å². The van der Waals surface area contributed by atoms with E-state index in [4.69, 9.17) is 11.6 Å². The molecule has 1 aliphatic heterocycles. The van der Waals surface area contributed by atoms with Crippen molar-refractivity contribution in [2.24, 2.45) is 11.8 Å². The predicted octanol–water partition coefficient (Wildman–Crippen LogP) is 3.66. The monoisotopic (exact) mass is 391 g/mol. The second-order valence-corrected chi connectivity index (χ2v) is 8.16. The van der Waals surface area contributed by atoms with E-state index in [0.29, 0.717) is 28.9 Å². The average Bonchev–Trinajstić information content (AvgIpc) is 3.00. The lowest BCUT2D eigenvalue weighted by Gasteiger charge is -2.33. The summed E-state index contributed by atoms with van der Waals surface area (Å²) in [6, 6.07) is 5.15. The van der Waals surface area contributed by atoms with Crippen molar-refractivity contribution in [1.29, 1.82) is 0 Å². The van der Waals surface area contributed by atoms with Crippen LogP contribution < -0.4 is 10.6 Å². The van der Waals surface area contributed by atoms with Crippen molar-refractivity contribution in [2.75, 3.05) is 17.2 Å². The Kier molecular flexibility index (Phi) is 6.05. The second kappa shape index (κ2) is 8.30. The number of hydrogen-bond acceptors (Lipinski definition) is 3. The van der Waals surface area contributed by atoms with Crippen LogP contribution in [0.2, 0.25) is 5.02 Å². The number of likely N-dealkylation sites (tertiary alicyclic amines) is 1. The van der Waals surface area contributed by atoms with Gasteiger partial charge in [-0.1, -0.05) is 18.5 Å². The van der Waals surface area contributed by atoms with Gasteiger partial charge in [-0.25, -0.2) is 0 Å². The van der Waals surface area contributed by atoms with Gasteiger partial charge in [0.25, 0.3) is 0 Å². The molecule has 1 aromatic rings. The minimum absolute atomic E-state index is 0.0582. The Hall–Kier alpha value is -2.08. The molecule has 3 amide bonds. The zero-order valence-electron chi connectivity index (χ0n) is 15.8. The molecule has 0 radical (unpaired) electrons. The molecular formula is C20H26ClN3O3. The third-order valence-corrected chi connectivity index (χ3v) is 5.74. The van der Waals surface area contributed by atoms with Gasteiger partial charge in [-0.3, -0.25) is 14.4 Å². The highest BCUT2D eigenvalue weighted by Gasteiger charge is 2.38. The summed E-state index contributed by atoms with van der Waals surface area (Å²) in [7, 11) is 0. The van der Waals surface area contributed by atoms with Gasteiger partial charge < -0.3 is 15.5 Å². The number of halogens is 1. The molecule has 27 heavy (non-hydrogen) atoms. The second-order valence-electron chi connectivity index (χ2n) is 7.72. The molecule has 1 aliphatic carbocycles. The van der Waals surface area contributed by atoms with E-state index in [-0.39, 0.29) is 36.1 Å². The molecule has 2 aliphatic rings. The zero-order valence-corrected chi connectivity index (χ0v) is 16.5. The Morgan fingerprint density at radius 2 is 1.81 bits per heavy atom. The molecule has 1 aromatic carbocycles. The lowest BCUT2D eigenvalue weighted by Crippen LogP contribution is -2.39. The molecule has 146 valence electrons. The summed E-state index contributed by atoms with van der Waals surface area (Å²) in [4.78, 5) is 38.5. The van der Waals surface area contributed by atoms with E-state index >= 15 is 0 Å². The van der Waals surface area contributed by atoms with Crippen LogP contribution in [0.15, 0.2) is 18.2 Å². The van der Waals surface area contributed by atoms with Crippen LogP contribution in [0.25, 0.3) is 0 Å². The number of benzene rings is 1. The first-order valence-electron chi connectivity index (χ1n) is 9.51. The third-order valence-electron chi connectivity index (χ3n) is 5.51. The largest absolute Gasteiger partial charge is 0.339 e. The van der Waals surface area contributed by atoms with Gasteiger partial charge in [-0.05, 0) is 49.8 Å². The summed E-state index contributed by atoms with van der Waals surface area (Å²) < 4.78 is 0. The minimum Gasteiger partial charge on any atom is -0.339 e. The van der Waals surface area contributed by atoms with Gasteiger partial charge in [0.05, 0.1) is 17.3 Å². The van der Waals surface area contributed by atoms with Crippen molar-refractivity contribution in [2.45, 2.75) is 52.0 Å². The van der Waals surface area contributed by atoms with Crippen molar-refractivity contribution in [3.8, 4) is 0 Å². The van der Waals surface area contributed by atoms with Crippen LogP contribution in [0.5, 0.6) is 0 Å². The van der Waals surface area contributed by atoms with E-state index in [1.165, 1.54) is 6.92 Å². The van der Waals surface area contributed by atoms with Crippen LogP contribution in [0.4, 0.5) is 11.4 Å². The maximum atomic E-state index is 12.7. The highest BCUT2D eigenvalue weighted by Crippen LogP contribution is 2.32. The molecule has 1 unspecified atom stereocenters. The van der Waals surface area contributed by atoms with E-state index in [1.54, 1.807) is 18.2 Å². The topological polar surface area (TPSA) is 78.5 Å². The summed E-state index contributed by atoms with van der Waals surface area (Å²) in [5.41, 5.74) is 0.933. The number of amides is 3. The van der Waals surface area contributed by atoms with Crippen molar-refractivity contribution < 1.29 is 14.4 Å². The molecule has 2 fully saturated rings. The van der Waals surface area contributed by atoms with Gasteiger partial charge in [0.1, 0.15) is 0 Å². The maximum absolute atomic E-state index is 12.7. The van der Waals surface area contributed by atoms with E-state index in [1.807, 2.05) is 4.90 Å². The molecule has 1 atom stereocenters. The molecule has 6 nitrogen and oxygen atoms in total. The van der Waals surface area contributed by atoms with Gasteiger partial charge in [0, 0.05) is 31.0 Å². The lowest BCUT2D eigenvalue weighted by atomic mass is 9.87. The van der Waals surface area contributed by atoms with Crippen molar-refractivity contribution >= 4 is 40.7 Å². The number of nitrogens with zero attached hydrogens (tertiary/aromatic N) is 1.